The molecule has 0 amide bonds. The minimum absolute atomic E-state index is 0.739. The average Bonchev–Trinajstić information content (AvgIpc) is 3.24. The fraction of sp³-hybridized carbons (Fsp3) is 0.211. The highest BCUT2D eigenvalue weighted by atomic mass is 32.2. The summed E-state index contributed by atoms with van der Waals surface area (Å²) in [6.07, 6.45) is 4.80. The quantitative estimate of drug-likeness (QED) is 0.491. The molecule has 132 valence electrons. The Hall–Kier alpha value is -2.80. The van der Waals surface area contributed by atoms with Crippen LogP contribution in [0.5, 0.6) is 5.75 Å². The van der Waals surface area contributed by atoms with E-state index >= 15 is 0 Å². The molecule has 0 saturated carbocycles. The zero-order chi connectivity index (χ0) is 17.9. The summed E-state index contributed by atoms with van der Waals surface area (Å²) in [5.41, 5.74) is 3.17. The number of methoxy groups -OCH3 is 1. The molecule has 0 bridgehead atoms. The van der Waals surface area contributed by atoms with Crippen molar-refractivity contribution < 1.29 is 4.74 Å². The summed E-state index contributed by atoms with van der Waals surface area (Å²) in [5.74, 6) is 2.55. The zero-order valence-electron chi connectivity index (χ0n) is 14.7. The highest BCUT2D eigenvalue weighted by Gasteiger charge is 2.11. The lowest BCUT2D eigenvalue weighted by Gasteiger charge is -2.04. The second kappa shape index (κ2) is 7.21. The van der Waals surface area contributed by atoms with Gasteiger partial charge < -0.3 is 13.7 Å². The van der Waals surface area contributed by atoms with Crippen molar-refractivity contribution in [2.75, 3.05) is 7.11 Å². The lowest BCUT2D eigenvalue weighted by atomic mass is 10.1. The molecule has 1 aromatic carbocycles. The highest BCUT2D eigenvalue weighted by Crippen LogP contribution is 2.22. The molecule has 0 aliphatic rings. The third-order valence-electron chi connectivity index (χ3n) is 4.21. The number of nitrogens with zero attached hydrogens (tertiary/aromatic N) is 5. The lowest BCUT2D eigenvalue weighted by molar-refractivity contribution is 0.414. The van der Waals surface area contributed by atoms with Crippen molar-refractivity contribution in [3.63, 3.8) is 0 Å². The summed E-state index contributed by atoms with van der Waals surface area (Å²) >= 11 is 1.65. The van der Waals surface area contributed by atoms with E-state index in [1.54, 1.807) is 18.9 Å². The van der Waals surface area contributed by atoms with Crippen LogP contribution in [0.25, 0.3) is 5.65 Å². The topological polar surface area (TPSA) is 57.2 Å². The molecule has 4 rings (SSSR count). The lowest BCUT2D eigenvalue weighted by Crippen LogP contribution is -2.00. The average molecular weight is 365 g/mol. The smallest absolute Gasteiger partial charge is 0.191 e. The number of imidazole rings is 1. The van der Waals surface area contributed by atoms with Crippen LogP contribution in [0, 0.1) is 0 Å². The maximum absolute atomic E-state index is 5.20. The number of ether oxygens (including phenoxy) is 1. The molecule has 0 unspecified atom stereocenters. The Morgan fingerprint density at radius 1 is 1.08 bits per heavy atom. The van der Waals surface area contributed by atoms with Crippen LogP contribution in [0.1, 0.15) is 17.1 Å². The first-order valence-corrected chi connectivity index (χ1v) is 9.28. The highest BCUT2D eigenvalue weighted by molar-refractivity contribution is 7.98. The van der Waals surface area contributed by atoms with Crippen LogP contribution < -0.4 is 4.74 Å². The molecule has 0 saturated heterocycles. The Morgan fingerprint density at radius 2 is 1.92 bits per heavy atom. The van der Waals surface area contributed by atoms with Crippen molar-refractivity contribution in [1.82, 2.24) is 24.1 Å². The first kappa shape index (κ1) is 16.7. The summed E-state index contributed by atoms with van der Waals surface area (Å²) in [7, 11) is 3.68. The number of aromatic nitrogens is 5. The van der Waals surface area contributed by atoms with E-state index in [4.69, 9.17) is 4.74 Å². The predicted octanol–water partition coefficient (Wildman–Crippen LogP) is 3.35. The van der Waals surface area contributed by atoms with Crippen molar-refractivity contribution in [2.45, 2.75) is 17.3 Å². The molecule has 0 spiro atoms. The minimum atomic E-state index is 0.739. The Kier molecular flexibility index (Phi) is 4.62. The number of pyridine rings is 1. The Labute approximate surface area is 155 Å². The van der Waals surface area contributed by atoms with Gasteiger partial charge in [0.05, 0.1) is 12.8 Å². The van der Waals surface area contributed by atoms with Crippen LogP contribution in [-0.4, -0.2) is 31.3 Å². The van der Waals surface area contributed by atoms with Gasteiger partial charge in [0, 0.05) is 31.6 Å². The van der Waals surface area contributed by atoms with Crippen molar-refractivity contribution in [2.24, 2.45) is 7.05 Å². The summed E-state index contributed by atoms with van der Waals surface area (Å²) in [4.78, 5) is 4.62. The molecule has 6 nitrogen and oxygen atoms in total. The Balaban J connectivity index is 1.44. The second-order valence-electron chi connectivity index (χ2n) is 5.97. The second-order valence-corrected chi connectivity index (χ2v) is 6.91. The van der Waals surface area contributed by atoms with Crippen LogP contribution >= 0.6 is 11.8 Å². The fourth-order valence-corrected chi connectivity index (χ4v) is 3.56. The van der Waals surface area contributed by atoms with Gasteiger partial charge in [-0.05, 0) is 29.8 Å². The van der Waals surface area contributed by atoms with Crippen LogP contribution in [-0.2, 0) is 19.2 Å². The Morgan fingerprint density at radius 3 is 2.69 bits per heavy atom. The molecule has 0 atom stereocenters. The van der Waals surface area contributed by atoms with E-state index in [0.717, 1.165) is 40.2 Å². The summed E-state index contributed by atoms with van der Waals surface area (Å²) in [5, 5.41) is 9.57. The van der Waals surface area contributed by atoms with Gasteiger partial charge in [-0.3, -0.25) is 0 Å². The molecule has 0 aliphatic carbocycles. The van der Waals surface area contributed by atoms with Gasteiger partial charge >= 0.3 is 0 Å². The van der Waals surface area contributed by atoms with Gasteiger partial charge in [-0.25, -0.2) is 4.98 Å². The summed E-state index contributed by atoms with van der Waals surface area (Å²) in [6.45, 7) is 0. The number of hydrogen-bond donors (Lipinski definition) is 0. The zero-order valence-corrected chi connectivity index (χ0v) is 15.5. The van der Waals surface area contributed by atoms with Gasteiger partial charge in [-0.15, -0.1) is 10.2 Å². The van der Waals surface area contributed by atoms with E-state index in [2.05, 4.69) is 33.5 Å². The van der Waals surface area contributed by atoms with E-state index in [-0.39, 0.29) is 0 Å². The van der Waals surface area contributed by atoms with Gasteiger partial charge in [-0.2, -0.15) is 0 Å². The maximum atomic E-state index is 5.20. The molecule has 0 fully saturated rings. The van der Waals surface area contributed by atoms with E-state index < -0.39 is 0 Å². The van der Waals surface area contributed by atoms with E-state index in [9.17, 15) is 0 Å². The largest absolute Gasteiger partial charge is 0.497 e. The molecule has 26 heavy (non-hydrogen) atoms. The number of benzene rings is 1. The third-order valence-corrected chi connectivity index (χ3v) is 5.26. The van der Waals surface area contributed by atoms with Crippen LogP contribution in [0.4, 0.5) is 0 Å². The first-order valence-electron chi connectivity index (χ1n) is 8.29. The van der Waals surface area contributed by atoms with Crippen molar-refractivity contribution in [1.29, 1.82) is 0 Å². The Bertz CT molecular complexity index is 989. The van der Waals surface area contributed by atoms with Gasteiger partial charge in [-0.1, -0.05) is 30.0 Å². The summed E-state index contributed by atoms with van der Waals surface area (Å²) in [6, 6.07) is 14.0. The molecular formula is C19H19N5OS. The molecule has 0 radical (unpaired) electrons. The van der Waals surface area contributed by atoms with Gasteiger partial charge in [0.15, 0.2) is 5.16 Å². The standard InChI is InChI=1S/C19H19N5OS/c1-23-18(11-14-6-8-16(25-2)9-7-14)21-22-19(23)26-13-15-12-24-10-4-3-5-17(24)20-15/h3-10,12H,11,13H2,1-2H3. The molecule has 7 heteroatoms. The van der Waals surface area contributed by atoms with Crippen LogP contribution in [0.15, 0.2) is 60.0 Å². The maximum Gasteiger partial charge on any atom is 0.191 e. The van der Waals surface area contributed by atoms with Crippen molar-refractivity contribution in [3.8, 4) is 5.75 Å². The molecule has 3 heterocycles. The summed E-state index contributed by atoms with van der Waals surface area (Å²) < 4.78 is 9.27. The van der Waals surface area contributed by atoms with Gasteiger partial charge in [0.2, 0.25) is 0 Å². The third kappa shape index (κ3) is 3.43. The molecular weight excluding hydrogens is 346 g/mol. The normalized spacial score (nSPS) is 11.2. The minimum Gasteiger partial charge on any atom is -0.497 e. The van der Waals surface area contributed by atoms with Crippen LogP contribution in [0.3, 0.4) is 0 Å². The monoisotopic (exact) mass is 365 g/mol. The van der Waals surface area contributed by atoms with Gasteiger partial charge in [0.1, 0.15) is 17.2 Å². The SMILES string of the molecule is COc1ccc(Cc2nnc(SCc3cn4ccccc4n3)n2C)cc1. The van der Waals surface area contributed by atoms with Crippen LogP contribution in [0.2, 0.25) is 0 Å². The molecule has 0 aliphatic heterocycles. The number of fused-ring (bicyclic) bond motifs is 1. The number of rotatable bonds is 6. The molecule has 4 aromatic rings. The number of hydrogen-bond acceptors (Lipinski definition) is 5. The van der Waals surface area contributed by atoms with Crippen molar-refractivity contribution >= 4 is 17.4 Å². The predicted molar refractivity (Wildman–Crippen MR) is 102 cm³/mol. The first-order chi connectivity index (χ1) is 12.7. The number of thioether (sulfide) groups is 1. The van der Waals surface area contributed by atoms with E-state index in [0.29, 0.717) is 0 Å². The molecule has 0 N–H and O–H groups in total. The molecule has 3 aromatic heterocycles. The van der Waals surface area contributed by atoms with Crippen molar-refractivity contribution in [3.05, 3.63) is 71.9 Å². The van der Waals surface area contributed by atoms with Gasteiger partial charge in [0.25, 0.3) is 0 Å². The van der Waals surface area contributed by atoms with E-state index in [1.165, 1.54) is 5.56 Å². The fourth-order valence-electron chi connectivity index (χ4n) is 2.75. The van der Waals surface area contributed by atoms with E-state index in [1.807, 2.05) is 52.5 Å².